The Kier molecular flexibility index (Phi) is 5.79. The SMILES string of the molecule is CNC(=O)NC1CCN(CC(=O)Nc2cc(Cl)ccc2C#N)C1. The first-order chi connectivity index (χ1) is 11.0. The highest BCUT2D eigenvalue weighted by molar-refractivity contribution is 6.31. The maximum absolute atomic E-state index is 12.1. The number of rotatable bonds is 4. The first-order valence-electron chi connectivity index (χ1n) is 7.22. The first-order valence-corrected chi connectivity index (χ1v) is 7.59. The number of hydrogen-bond donors (Lipinski definition) is 3. The van der Waals surface area contributed by atoms with Crippen LogP contribution in [-0.4, -0.2) is 49.6 Å². The van der Waals surface area contributed by atoms with E-state index in [4.69, 9.17) is 16.9 Å². The van der Waals surface area contributed by atoms with Crippen molar-refractivity contribution in [1.29, 1.82) is 5.26 Å². The van der Waals surface area contributed by atoms with Crippen LogP contribution in [0.15, 0.2) is 18.2 Å². The summed E-state index contributed by atoms with van der Waals surface area (Å²) in [6.45, 7) is 1.54. The number of urea groups is 1. The molecule has 8 heteroatoms. The number of amides is 3. The smallest absolute Gasteiger partial charge is 0.314 e. The predicted octanol–water partition coefficient (Wildman–Crippen LogP) is 1.15. The van der Waals surface area contributed by atoms with Crippen molar-refractivity contribution in [2.45, 2.75) is 12.5 Å². The number of carbonyl (C=O) groups is 2. The van der Waals surface area contributed by atoms with Crippen molar-refractivity contribution in [1.82, 2.24) is 15.5 Å². The topological polar surface area (TPSA) is 97.3 Å². The lowest BCUT2D eigenvalue weighted by Gasteiger charge is -2.16. The molecule has 1 aliphatic heterocycles. The Morgan fingerprint density at radius 3 is 2.96 bits per heavy atom. The van der Waals surface area contributed by atoms with Crippen molar-refractivity contribution in [2.75, 3.05) is 32.0 Å². The molecule has 0 bridgehead atoms. The number of hydrogen-bond acceptors (Lipinski definition) is 4. The van der Waals surface area contributed by atoms with Crippen LogP contribution in [-0.2, 0) is 4.79 Å². The Bertz CT molecular complexity index is 643. The summed E-state index contributed by atoms with van der Waals surface area (Å²) in [5.41, 5.74) is 0.771. The van der Waals surface area contributed by atoms with E-state index in [2.05, 4.69) is 16.0 Å². The van der Waals surface area contributed by atoms with Gasteiger partial charge < -0.3 is 16.0 Å². The third-order valence-electron chi connectivity index (χ3n) is 3.58. The van der Waals surface area contributed by atoms with Crippen molar-refractivity contribution in [3.8, 4) is 6.07 Å². The van der Waals surface area contributed by atoms with Gasteiger partial charge in [-0.1, -0.05) is 11.6 Å². The summed E-state index contributed by atoms with van der Waals surface area (Å²) in [5, 5.41) is 17.5. The molecule has 3 N–H and O–H groups in total. The highest BCUT2D eigenvalue weighted by atomic mass is 35.5. The molecule has 1 aromatic rings. The van der Waals surface area contributed by atoms with E-state index < -0.39 is 0 Å². The van der Waals surface area contributed by atoms with E-state index in [1.165, 1.54) is 0 Å². The molecule has 0 radical (unpaired) electrons. The minimum absolute atomic E-state index is 0.0311. The Labute approximate surface area is 139 Å². The quantitative estimate of drug-likeness (QED) is 0.769. The summed E-state index contributed by atoms with van der Waals surface area (Å²) in [7, 11) is 1.56. The number of likely N-dealkylation sites (tertiary alicyclic amines) is 1. The number of anilines is 1. The fraction of sp³-hybridized carbons (Fsp3) is 0.400. The Morgan fingerprint density at radius 2 is 2.26 bits per heavy atom. The molecule has 0 aromatic heterocycles. The number of nitrogens with one attached hydrogen (secondary N) is 3. The van der Waals surface area contributed by atoms with Gasteiger partial charge in [-0.3, -0.25) is 9.69 Å². The summed E-state index contributed by atoms with van der Waals surface area (Å²) in [4.78, 5) is 25.4. The van der Waals surface area contributed by atoms with Gasteiger partial charge in [-0.25, -0.2) is 4.79 Å². The van der Waals surface area contributed by atoms with Crippen LogP contribution in [0.3, 0.4) is 0 Å². The maximum atomic E-state index is 12.1. The molecule has 1 heterocycles. The summed E-state index contributed by atoms with van der Waals surface area (Å²) < 4.78 is 0. The van der Waals surface area contributed by atoms with E-state index in [0.717, 1.165) is 13.0 Å². The second-order valence-corrected chi connectivity index (χ2v) is 5.73. The lowest BCUT2D eigenvalue weighted by atomic mass is 10.2. The van der Waals surface area contributed by atoms with Gasteiger partial charge in [0.25, 0.3) is 0 Å². The zero-order valence-electron chi connectivity index (χ0n) is 12.7. The van der Waals surface area contributed by atoms with Crippen LogP contribution < -0.4 is 16.0 Å². The molecule has 0 saturated carbocycles. The summed E-state index contributed by atoms with van der Waals surface area (Å²) in [5.74, 6) is -0.218. The third kappa shape index (κ3) is 4.84. The lowest BCUT2D eigenvalue weighted by Crippen LogP contribution is -2.42. The van der Waals surface area contributed by atoms with Crippen LogP contribution in [0.1, 0.15) is 12.0 Å². The highest BCUT2D eigenvalue weighted by Crippen LogP contribution is 2.20. The van der Waals surface area contributed by atoms with Gasteiger partial charge in [0.1, 0.15) is 6.07 Å². The monoisotopic (exact) mass is 335 g/mol. The van der Waals surface area contributed by atoms with Gasteiger partial charge in [0, 0.05) is 31.2 Å². The van der Waals surface area contributed by atoms with E-state index in [1.807, 2.05) is 11.0 Å². The van der Waals surface area contributed by atoms with E-state index in [0.29, 0.717) is 22.8 Å². The largest absolute Gasteiger partial charge is 0.341 e. The molecule has 1 saturated heterocycles. The van der Waals surface area contributed by atoms with Crippen molar-refractivity contribution in [2.24, 2.45) is 0 Å². The summed E-state index contributed by atoms with van der Waals surface area (Å²) >= 11 is 5.89. The molecule has 7 nitrogen and oxygen atoms in total. The van der Waals surface area contributed by atoms with Crippen LogP contribution in [0.5, 0.6) is 0 Å². The second-order valence-electron chi connectivity index (χ2n) is 5.29. The number of benzene rings is 1. The van der Waals surface area contributed by atoms with Crippen molar-refractivity contribution in [3.05, 3.63) is 28.8 Å². The van der Waals surface area contributed by atoms with Crippen LogP contribution >= 0.6 is 11.6 Å². The van der Waals surface area contributed by atoms with Crippen LogP contribution in [0.25, 0.3) is 0 Å². The molecule has 1 atom stereocenters. The molecule has 2 rings (SSSR count). The van der Waals surface area contributed by atoms with Crippen molar-refractivity contribution < 1.29 is 9.59 Å². The molecular formula is C15H18ClN5O2. The zero-order chi connectivity index (χ0) is 16.8. The minimum atomic E-state index is -0.223. The van der Waals surface area contributed by atoms with Crippen molar-refractivity contribution >= 4 is 29.2 Å². The van der Waals surface area contributed by atoms with E-state index >= 15 is 0 Å². The molecule has 0 spiro atoms. The van der Waals surface area contributed by atoms with E-state index in [1.54, 1.807) is 25.2 Å². The van der Waals surface area contributed by atoms with Gasteiger partial charge in [-0.05, 0) is 24.6 Å². The van der Waals surface area contributed by atoms with Gasteiger partial charge in [0.15, 0.2) is 0 Å². The van der Waals surface area contributed by atoms with Crippen molar-refractivity contribution in [3.63, 3.8) is 0 Å². The molecule has 1 aliphatic rings. The zero-order valence-corrected chi connectivity index (χ0v) is 13.5. The molecule has 1 unspecified atom stereocenters. The number of nitriles is 1. The lowest BCUT2D eigenvalue weighted by molar-refractivity contribution is -0.117. The predicted molar refractivity (Wildman–Crippen MR) is 87.2 cm³/mol. The standard InChI is InChI=1S/C15H18ClN5O2/c1-18-15(23)19-12-4-5-21(8-12)9-14(22)20-13-6-11(16)3-2-10(13)7-17/h2-3,6,12H,4-5,8-9H2,1H3,(H,20,22)(H2,18,19,23). The van der Waals surface area contributed by atoms with Gasteiger partial charge in [-0.2, -0.15) is 5.26 Å². The Morgan fingerprint density at radius 1 is 1.48 bits per heavy atom. The second kappa shape index (κ2) is 7.81. The summed E-state index contributed by atoms with van der Waals surface area (Å²) in [6, 6.07) is 6.55. The fourth-order valence-corrected chi connectivity index (χ4v) is 2.63. The molecule has 3 amide bonds. The molecular weight excluding hydrogens is 318 g/mol. The third-order valence-corrected chi connectivity index (χ3v) is 3.81. The molecule has 1 fully saturated rings. The van der Waals surface area contributed by atoms with Gasteiger partial charge in [-0.15, -0.1) is 0 Å². The number of halogens is 1. The normalized spacial score (nSPS) is 17.3. The van der Waals surface area contributed by atoms with E-state index in [9.17, 15) is 9.59 Å². The van der Waals surface area contributed by atoms with Crippen LogP contribution in [0, 0.1) is 11.3 Å². The average Bonchev–Trinajstić information content (AvgIpc) is 2.94. The molecule has 122 valence electrons. The molecule has 23 heavy (non-hydrogen) atoms. The number of carbonyl (C=O) groups excluding carboxylic acids is 2. The first kappa shape index (κ1) is 17.1. The van der Waals surface area contributed by atoms with Crippen LogP contribution in [0.4, 0.5) is 10.5 Å². The molecule has 1 aromatic carbocycles. The van der Waals surface area contributed by atoms with Gasteiger partial charge in [0.05, 0.1) is 17.8 Å². The van der Waals surface area contributed by atoms with E-state index in [-0.39, 0.29) is 24.5 Å². The molecule has 0 aliphatic carbocycles. The highest BCUT2D eigenvalue weighted by Gasteiger charge is 2.25. The Balaban J connectivity index is 1.88. The average molecular weight is 336 g/mol. The fourth-order valence-electron chi connectivity index (χ4n) is 2.46. The Hall–Kier alpha value is -2.30. The number of nitrogens with zero attached hydrogens (tertiary/aromatic N) is 2. The van der Waals surface area contributed by atoms with Gasteiger partial charge >= 0.3 is 6.03 Å². The van der Waals surface area contributed by atoms with Crippen LogP contribution in [0.2, 0.25) is 5.02 Å². The van der Waals surface area contributed by atoms with Gasteiger partial charge in [0.2, 0.25) is 5.91 Å². The maximum Gasteiger partial charge on any atom is 0.314 e. The minimum Gasteiger partial charge on any atom is -0.341 e. The summed E-state index contributed by atoms with van der Waals surface area (Å²) in [6.07, 6.45) is 0.793.